The number of benzene rings is 1. The molecule has 0 saturated carbocycles. The summed E-state index contributed by atoms with van der Waals surface area (Å²) in [5.41, 5.74) is 8.58. The second kappa shape index (κ2) is 4.10. The molecule has 1 aromatic heterocycles. The van der Waals surface area contributed by atoms with E-state index in [1.165, 1.54) is 0 Å². The Morgan fingerprint density at radius 2 is 2.06 bits per heavy atom. The predicted molar refractivity (Wildman–Crippen MR) is 62.9 cm³/mol. The molecular formula is C12H13N3O2. The summed E-state index contributed by atoms with van der Waals surface area (Å²) in [6, 6.07) is 5.83. The van der Waals surface area contributed by atoms with Gasteiger partial charge < -0.3 is 15.2 Å². The third-order valence-corrected chi connectivity index (χ3v) is 2.77. The number of aromatic nitrogens is 2. The van der Waals surface area contributed by atoms with E-state index in [0.29, 0.717) is 19.8 Å². The van der Waals surface area contributed by atoms with Crippen LogP contribution in [0, 0.1) is 0 Å². The monoisotopic (exact) mass is 231 g/mol. The quantitative estimate of drug-likeness (QED) is 0.817. The molecule has 0 fully saturated rings. The zero-order chi connectivity index (χ0) is 11.7. The van der Waals surface area contributed by atoms with E-state index >= 15 is 0 Å². The number of fused-ring (bicyclic) bond motifs is 1. The number of nitrogens with two attached hydrogens (primary N) is 1. The Kier molecular flexibility index (Phi) is 2.45. The molecule has 88 valence electrons. The fourth-order valence-corrected chi connectivity index (χ4v) is 1.91. The molecule has 0 bridgehead atoms. The molecule has 0 saturated heterocycles. The second-order valence-corrected chi connectivity index (χ2v) is 3.83. The van der Waals surface area contributed by atoms with Crippen molar-refractivity contribution in [1.29, 1.82) is 0 Å². The number of nitrogens with one attached hydrogen (secondary N) is 1. The number of aromatic amines is 1. The summed E-state index contributed by atoms with van der Waals surface area (Å²) < 4.78 is 11.0. The topological polar surface area (TPSA) is 73.2 Å². The largest absolute Gasteiger partial charge is 0.486 e. The maximum absolute atomic E-state index is 5.65. The average Bonchev–Trinajstić information content (AvgIpc) is 2.86. The zero-order valence-corrected chi connectivity index (χ0v) is 9.27. The molecule has 0 atom stereocenters. The highest BCUT2D eigenvalue weighted by atomic mass is 16.6. The SMILES string of the molecule is NCc1cn[nH]c1-c1ccc2c(c1)OCCO2. The first-order valence-corrected chi connectivity index (χ1v) is 5.51. The van der Waals surface area contributed by atoms with E-state index in [9.17, 15) is 0 Å². The lowest BCUT2D eigenvalue weighted by Crippen LogP contribution is -2.15. The van der Waals surface area contributed by atoms with Crippen molar-refractivity contribution in [2.45, 2.75) is 6.54 Å². The molecule has 2 heterocycles. The average molecular weight is 231 g/mol. The molecule has 1 aliphatic rings. The first kappa shape index (κ1) is 10.2. The minimum absolute atomic E-state index is 0.459. The smallest absolute Gasteiger partial charge is 0.162 e. The Balaban J connectivity index is 2.04. The summed E-state index contributed by atoms with van der Waals surface area (Å²) in [6.45, 7) is 1.65. The van der Waals surface area contributed by atoms with Gasteiger partial charge in [0.15, 0.2) is 11.5 Å². The van der Waals surface area contributed by atoms with Crippen LogP contribution >= 0.6 is 0 Å². The van der Waals surface area contributed by atoms with Crippen molar-refractivity contribution in [3.63, 3.8) is 0 Å². The van der Waals surface area contributed by atoms with Gasteiger partial charge in [0.05, 0.1) is 11.9 Å². The van der Waals surface area contributed by atoms with Crippen LogP contribution in [0.25, 0.3) is 11.3 Å². The van der Waals surface area contributed by atoms with Crippen LogP contribution in [0.15, 0.2) is 24.4 Å². The van der Waals surface area contributed by atoms with Crippen LogP contribution in [0.1, 0.15) is 5.56 Å². The molecule has 3 rings (SSSR count). The normalized spacial score (nSPS) is 13.7. The molecule has 0 radical (unpaired) electrons. The molecule has 1 aliphatic heterocycles. The number of rotatable bonds is 2. The summed E-state index contributed by atoms with van der Waals surface area (Å²) in [7, 11) is 0. The number of hydrogen-bond acceptors (Lipinski definition) is 4. The van der Waals surface area contributed by atoms with Crippen molar-refractivity contribution in [3.8, 4) is 22.8 Å². The van der Waals surface area contributed by atoms with Gasteiger partial charge in [0, 0.05) is 17.7 Å². The molecule has 0 unspecified atom stereocenters. The highest BCUT2D eigenvalue weighted by Crippen LogP contribution is 2.34. The fraction of sp³-hybridized carbons (Fsp3) is 0.250. The van der Waals surface area contributed by atoms with Crippen LogP contribution in [0.4, 0.5) is 0 Å². The van der Waals surface area contributed by atoms with E-state index in [0.717, 1.165) is 28.3 Å². The minimum Gasteiger partial charge on any atom is -0.486 e. The Labute approximate surface area is 98.5 Å². The standard InChI is InChI=1S/C12H13N3O2/c13-6-9-7-14-15-12(9)8-1-2-10-11(5-8)17-4-3-16-10/h1-2,5,7H,3-4,6,13H2,(H,14,15). The molecule has 0 amide bonds. The number of nitrogens with zero attached hydrogens (tertiary/aromatic N) is 1. The van der Waals surface area contributed by atoms with Crippen LogP contribution in [-0.4, -0.2) is 23.4 Å². The maximum atomic E-state index is 5.65. The van der Waals surface area contributed by atoms with Crippen molar-refractivity contribution >= 4 is 0 Å². The van der Waals surface area contributed by atoms with Gasteiger partial charge in [-0.2, -0.15) is 5.10 Å². The van der Waals surface area contributed by atoms with Crippen molar-refractivity contribution < 1.29 is 9.47 Å². The zero-order valence-electron chi connectivity index (χ0n) is 9.27. The Bertz CT molecular complexity index is 536. The molecule has 0 spiro atoms. The Morgan fingerprint density at radius 1 is 1.24 bits per heavy atom. The molecular weight excluding hydrogens is 218 g/mol. The van der Waals surface area contributed by atoms with Crippen LogP contribution in [0.3, 0.4) is 0 Å². The Hall–Kier alpha value is -2.01. The van der Waals surface area contributed by atoms with E-state index in [4.69, 9.17) is 15.2 Å². The van der Waals surface area contributed by atoms with E-state index in [2.05, 4.69) is 10.2 Å². The summed E-state index contributed by atoms with van der Waals surface area (Å²) in [4.78, 5) is 0. The number of hydrogen-bond donors (Lipinski definition) is 2. The van der Waals surface area contributed by atoms with E-state index in [1.54, 1.807) is 6.20 Å². The molecule has 3 N–H and O–H groups in total. The van der Waals surface area contributed by atoms with Crippen molar-refractivity contribution in [3.05, 3.63) is 30.0 Å². The number of H-pyrrole nitrogens is 1. The first-order chi connectivity index (χ1) is 8.38. The fourth-order valence-electron chi connectivity index (χ4n) is 1.91. The lowest BCUT2D eigenvalue weighted by atomic mass is 10.1. The Morgan fingerprint density at radius 3 is 2.88 bits per heavy atom. The summed E-state index contributed by atoms with van der Waals surface area (Å²) in [5.74, 6) is 1.56. The van der Waals surface area contributed by atoms with Crippen LogP contribution < -0.4 is 15.2 Å². The molecule has 5 heteroatoms. The van der Waals surface area contributed by atoms with Gasteiger partial charge in [-0.05, 0) is 18.2 Å². The summed E-state index contributed by atoms with van der Waals surface area (Å²) >= 11 is 0. The van der Waals surface area contributed by atoms with Gasteiger partial charge in [-0.3, -0.25) is 5.10 Å². The molecule has 17 heavy (non-hydrogen) atoms. The third-order valence-electron chi connectivity index (χ3n) is 2.77. The predicted octanol–water partition coefficient (Wildman–Crippen LogP) is 1.31. The maximum Gasteiger partial charge on any atom is 0.162 e. The lowest BCUT2D eigenvalue weighted by Gasteiger charge is -2.18. The van der Waals surface area contributed by atoms with E-state index in [1.807, 2.05) is 18.2 Å². The van der Waals surface area contributed by atoms with E-state index < -0.39 is 0 Å². The molecule has 1 aromatic carbocycles. The highest BCUT2D eigenvalue weighted by Gasteiger charge is 2.14. The van der Waals surface area contributed by atoms with Crippen LogP contribution in [0.2, 0.25) is 0 Å². The van der Waals surface area contributed by atoms with Crippen LogP contribution in [0.5, 0.6) is 11.5 Å². The van der Waals surface area contributed by atoms with Gasteiger partial charge in [-0.1, -0.05) is 0 Å². The highest BCUT2D eigenvalue weighted by molar-refractivity contribution is 5.66. The van der Waals surface area contributed by atoms with Gasteiger partial charge >= 0.3 is 0 Å². The molecule has 2 aromatic rings. The van der Waals surface area contributed by atoms with Gasteiger partial charge in [-0.25, -0.2) is 0 Å². The second-order valence-electron chi connectivity index (χ2n) is 3.83. The van der Waals surface area contributed by atoms with Gasteiger partial charge in [0.25, 0.3) is 0 Å². The van der Waals surface area contributed by atoms with Gasteiger partial charge in [0.1, 0.15) is 13.2 Å². The van der Waals surface area contributed by atoms with Crippen molar-refractivity contribution in [1.82, 2.24) is 10.2 Å². The molecule has 5 nitrogen and oxygen atoms in total. The minimum atomic E-state index is 0.459. The van der Waals surface area contributed by atoms with E-state index in [-0.39, 0.29) is 0 Å². The molecule has 0 aliphatic carbocycles. The summed E-state index contributed by atoms with van der Waals surface area (Å²) in [5, 5.41) is 6.96. The van der Waals surface area contributed by atoms with Crippen molar-refractivity contribution in [2.75, 3.05) is 13.2 Å². The lowest BCUT2D eigenvalue weighted by molar-refractivity contribution is 0.171. The summed E-state index contributed by atoms with van der Waals surface area (Å²) in [6.07, 6.45) is 1.74. The van der Waals surface area contributed by atoms with Crippen molar-refractivity contribution in [2.24, 2.45) is 5.73 Å². The first-order valence-electron chi connectivity index (χ1n) is 5.51. The third kappa shape index (κ3) is 1.74. The van der Waals surface area contributed by atoms with Gasteiger partial charge in [0.2, 0.25) is 0 Å². The number of ether oxygens (including phenoxy) is 2. The van der Waals surface area contributed by atoms with Crippen LogP contribution in [-0.2, 0) is 6.54 Å². The van der Waals surface area contributed by atoms with Gasteiger partial charge in [-0.15, -0.1) is 0 Å².